The van der Waals surface area contributed by atoms with Crippen molar-refractivity contribution in [2.24, 2.45) is 4.99 Å². The van der Waals surface area contributed by atoms with E-state index in [1.54, 1.807) is 11.1 Å². The summed E-state index contributed by atoms with van der Waals surface area (Å²) in [5, 5.41) is 0. The van der Waals surface area contributed by atoms with Crippen molar-refractivity contribution in [1.82, 2.24) is 4.90 Å². The lowest BCUT2D eigenvalue weighted by atomic mass is 10.2. The SMILES string of the molecule is CC1=CCC=C(N2CCCOC2=O)C=N1. The zero-order valence-corrected chi connectivity index (χ0v) is 8.77. The minimum absolute atomic E-state index is 0.265. The van der Waals surface area contributed by atoms with E-state index in [2.05, 4.69) is 4.99 Å². The van der Waals surface area contributed by atoms with Crippen molar-refractivity contribution in [2.75, 3.05) is 13.2 Å². The molecule has 4 nitrogen and oxygen atoms in total. The number of hydrogen-bond acceptors (Lipinski definition) is 3. The number of rotatable bonds is 1. The Morgan fingerprint density at radius 1 is 1.47 bits per heavy atom. The van der Waals surface area contributed by atoms with Crippen molar-refractivity contribution in [3.05, 3.63) is 23.5 Å². The lowest BCUT2D eigenvalue weighted by Gasteiger charge is -2.26. The van der Waals surface area contributed by atoms with E-state index in [9.17, 15) is 4.79 Å². The Morgan fingerprint density at radius 3 is 3.13 bits per heavy atom. The zero-order chi connectivity index (χ0) is 10.7. The Hall–Kier alpha value is -1.58. The smallest absolute Gasteiger partial charge is 0.414 e. The molecule has 2 rings (SSSR count). The molecule has 0 N–H and O–H groups in total. The first-order valence-electron chi connectivity index (χ1n) is 5.12. The highest BCUT2D eigenvalue weighted by Gasteiger charge is 2.22. The number of carbonyl (C=O) groups is 1. The van der Waals surface area contributed by atoms with Gasteiger partial charge in [-0.3, -0.25) is 9.89 Å². The maximum Gasteiger partial charge on any atom is 0.414 e. The average molecular weight is 206 g/mol. The molecule has 0 aromatic carbocycles. The lowest BCUT2D eigenvalue weighted by molar-refractivity contribution is 0.0881. The number of hydrogen-bond donors (Lipinski definition) is 0. The molecule has 0 atom stereocenters. The third-order valence-electron chi connectivity index (χ3n) is 2.42. The van der Waals surface area contributed by atoms with Crippen LogP contribution in [0.1, 0.15) is 19.8 Å². The van der Waals surface area contributed by atoms with Crippen LogP contribution in [0, 0.1) is 0 Å². The minimum atomic E-state index is -0.265. The fraction of sp³-hybridized carbons (Fsp3) is 0.455. The number of amides is 1. The second-order valence-corrected chi connectivity index (χ2v) is 3.59. The summed E-state index contributed by atoms with van der Waals surface area (Å²) in [6.07, 6.45) is 7.17. The molecule has 80 valence electrons. The summed E-state index contributed by atoms with van der Waals surface area (Å²) in [5.41, 5.74) is 1.82. The molecular weight excluding hydrogens is 192 g/mol. The second kappa shape index (κ2) is 4.29. The Morgan fingerprint density at radius 2 is 2.33 bits per heavy atom. The van der Waals surface area contributed by atoms with Crippen LogP contribution in [0.15, 0.2) is 28.5 Å². The molecule has 0 aliphatic carbocycles. The summed E-state index contributed by atoms with van der Waals surface area (Å²) < 4.78 is 4.98. The lowest BCUT2D eigenvalue weighted by Crippen LogP contribution is -2.37. The Bertz CT molecular complexity index is 356. The van der Waals surface area contributed by atoms with Gasteiger partial charge in [-0.15, -0.1) is 0 Å². The highest BCUT2D eigenvalue weighted by Crippen LogP contribution is 2.15. The van der Waals surface area contributed by atoms with Gasteiger partial charge < -0.3 is 4.74 Å². The van der Waals surface area contributed by atoms with E-state index in [4.69, 9.17) is 4.74 Å². The first kappa shape index (κ1) is 9.96. The van der Waals surface area contributed by atoms with Crippen LogP contribution >= 0.6 is 0 Å². The number of ether oxygens (including phenoxy) is 1. The van der Waals surface area contributed by atoms with Crippen LogP contribution in [0.2, 0.25) is 0 Å². The second-order valence-electron chi connectivity index (χ2n) is 3.59. The summed E-state index contributed by atoms with van der Waals surface area (Å²) >= 11 is 0. The van der Waals surface area contributed by atoms with Gasteiger partial charge in [0.2, 0.25) is 0 Å². The molecule has 0 saturated carbocycles. The molecule has 2 aliphatic heterocycles. The predicted octanol–water partition coefficient (Wildman–Crippen LogP) is 2.09. The molecule has 15 heavy (non-hydrogen) atoms. The number of cyclic esters (lactones) is 1. The van der Waals surface area contributed by atoms with Crippen molar-refractivity contribution in [2.45, 2.75) is 19.8 Å². The van der Waals surface area contributed by atoms with Gasteiger partial charge in [-0.05, 0) is 19.8 Å². The van der Waals surface area contributed by atoms with E-state index >= 15 is 0 Å². The maximum absolute atomic E-state index is 11.5. The Balaban J connectivity index is 2.13. The van der Waals surface area contributed by atoms with Gasteiger partial charge >= 0.3 is 6.09 Å². The molecule has 4 heteroatoms. The van der Waals surface area contributed by atoms with Crippen molar-refractivity contribution in [3.63, 3.8) is 0 Å². The van der Waals surface area contributed by atoms with Crippen LogP contribution in [0.25, 0.3) is 0 Å². The molecule has 0 bridgehead atoms. The summed E-state index contributed by atoms with van der Waals surface area (Å²) in [6, 6.07) is 0. The van der Waals surface area contributed by atoms with E-state index < -0.39 is 0 Å². The first-order chi connectivity index (χ1) is 7.27. The average Bonchev–Trinajstić information content (AvgIpc) is 2.44. The molecule has 0 aromatic heterocycles. The van der Waals surface area contributed by atoms with Gasteiger partial charge in [-0.1, -0.05) is 12.2 Å². The van der Waals surface area contributed by atoms with Crippen molar-refractivity contribution < 1.29 is 9.53 Å². The molecule has 1 amide bonds. The fourth-order valence-corrected chi connectivity index (χ4v) is 1.59. The maximum atomic E-state index is 11.5. The molecule has 1 fully saturated rings. The van der Waals surface area contributed by atoms with E-state index in [0.717, 1.165) is 30.8 Å². The summed E-state index contributed by atoms with van der Waals surface area (Å²) in [6.45, 7) is 3.19. The predicted molar refractivity (Wildman–Crippen MR) is 57.6 cm³/mol. The molecule has 0 aromatic rings. The molecule has 0 unspecified atom stereocenters. The fourth-order valence-electron chi connectivity index (χ4n) is 1.59. The van der Waals surface area contributed by atoms with Crippen LogP contribution in [0.4, 0.5) is 4.79 Å². The van der Waals surface area contributed by atoms with Crippen molar-refractivity contribution >= 4 is 12.3 Å². The normalized spacial score (nSPS) is 21.7. The topological polar surface area (TPSA) is 41.9 Å². The summed E-state index contributed by atoms with van der Waals surface area (Å²) in [5.74, 6) is 0. The standard InChI is InChI=1S/C11H14N2O2/c1-9-4-2-5-10(8-12-9)13-6-3-7-15-11(13)14/h4-5,8H,2-3,6-7H2,1H3. The molecule has 2 heterocycles. The van der Waals surface area contributed by atoms with Crippen LogP contribution in [0.5, 0.6) is 0 Å². The van der Waals surface area contributed by atoms with Gasteiger partial charge in [0.05, 0.1) is 18.5 Å². The number of aliphatic imine (C=N–C) groups is 1. The van der Waals surface area contributed by atoms with Gasteiger partial charge in [-0.2, -0.15) is 0 Å². The summed E-state index contributed by atoms with van der Waals surface area (Å²) in [4.78, 5) is 17.3. The quantitative estimate of drug-likeness (QED) is 0.659. The van der Waals surface area contributed by atoms with Crippen LogP contribution in [0.3, 0.4) is 0 Å². The third kappa shape index (κ3) is 2.26. The summed E-state index contributed by atoms with van der Waals surface area (Å²) in [7, 11) is 0. The van der Waals surface area contributed by atoms with Crippen LogP contribution < -0.4 is 0 Å². The van der Waals surface area contributed by atoms with E-state index in [0.29, 0.717) is 6.61 Å². The molecule has 0 spiro atoms. The Labute approximate surface area is 88.9 Å². The van der Waals surface area contributed by atoms with Gasteiger partial charge in [0, 0.05) is 12.2 Å². The first-order valence-corrected chi connectivity index (χ1v) is 5.12. The highest BCUT2D eigenvalue weighted by atomic mass is 16.6. The number of carbonyl (C=O) groups excluding carboxylic acids is 1. The minimum Gasteiger partial charge on any atom is -0.449 e. The van der Waals surface area contributed by atoms with Crippen molar-refractivity contribution in [3.8, 4) is 0 Å². The third-order valence-corrected chi connectivity index (χ3v) is 2.42. The van der Waals surface area contributed by atoms with Crippen molar-refractivity contribution in [1.29, 1.82) is 0 Å². The van der Waals surface area contributed by atoms with Gasteiger partial charge in [0.1, 0.15) is 0 Å². The van der Waals surface area contributed by atoms with Gasteiger partial charge in [0.25, 0.3) is 0 Å². The molecule has 1 saturated heterocycles. The van der Waals surface area contributed by atoms with E-state index in [1.807, 2.05) is 19.1 Å². The highest BCUT2D eigenvalue weighted by molar-refractivity contribution is 5.86. The zero-order valence-electron chi connectivity index (χ0n) is 8.77. The molecule has 0 radical (unpaired) electrons. The van der Waals surface area contributed by atoms with Crippen LogP contribution in [-0.4, -0.2) is 30.4 Å². The van der Waals surface area contributed by atoms with Gasteiger partial charge in [0.15, 0.2) is 0 Å². The Kier molecular flexibility index (Phi) is 2.85. The number of allylic oxidation sites excluding steroid dienone is 4. The largest absolute Gasteiger partial charge is 0.449 e. The molecule has 2 aliphatic rings. The monoisotopic (exact) mass is 206 g/mol. The molecular formula is C11H14N2O2. The van der Waals surface area contributed by atoms with E-state index in [-0.39, 0.29) is 6.09 Å². The number of nitrogens with zero attached hydrogens (tertiary/aromatic N) is 2. The van der Waals surface area contributed by atoms with Gasteiger partial charge in [-0.25, -0.2) is 4.79 Å². The van der Waals surface area contributed by atoms with E-state index in [1.165, 1.54) is 0 Å². The van der Waals surface area contributed by atoms with Crippen LogP contribution in [-0.2, 0) is 4.74 Å².